The van der Waals surface area contributed by atoms with Crippen LogP contribution in [0.15, 0.2) is 0 Å². The van der Waals surface area contributed by atoms with Crippen molar-refractivity contribution in [3.63, 3.8) is 0 Å². The molecule has 5 nitrogen and oxygen atoms in total. The Bertz CT molecular complexity index is 351. The van der Waals surface area contributed by atoms with Gasteiger partial charge in [0.15, 0.2) is 5.60 Å². The Kier molecular flexibility index (Phi) is 4.45. The van der Waals surface area contributed by atoms with Gasteiger partial charge in [0.25, 0.3) is 5.91 Å². The second-order valence-electron chi connectivity index (χ2n) is 5.73. The van der Waals surface area contributed by atoms with E-state index in [-0.39, 0.29) is 11.8 Å². The summed E-state index contributed by atoms with van der Waals surface area (Å²) in [4.78, 5) is 27.8. The van der Waals surface area contributed by atoms with Gasteiger partial charge in [-0.2, -0.15) is 0 Å². The highest BCUT2D eigenvalue weighted by molar-refractivity contribution is 5.86. The van der Waals surface area contributed by atoms with Crippen molar-refractivity contribution >= 4 is 11.8 Å². The summed E-state index contributed by atoms with van der Waals surface area (Å²) in [5.74, 6) is 0.0542. The number of hydrogen-bond acceptors (Lipinski definition) is 3. The average molecular weight is 268 g/mol. The van der Waals surface area contributed by atoms with Crippen LogP contribution in [-0.4, -0.2) is 60.0 Å². The van der Waals surface area contributed by atoms with E-state index in [1.807, 2.05) is 11.8 Å². The van der Waals surface area contributed by atoms with Crippen molar-refractivity contribution in [1.82, 2.24) is 9.80 Å². The van der Waals surface area contributed by atoms with Gasteiger partial charge >= 0.3 is 0 Å². The number of nitrogens with zero attached hydrogens (tertiary/aromatic N) is 2. The molecule has 0 radical (unpaired) electrons. The zero-order valence-electron chi connectivity index (χ0n) is 12.0. The molecule has 19 heavy (non-hydrogen) atoms. The summed E-state index contributed by atoms with van der Waals surface area (Å²) in [6.07, 6.45) is 4.53. The van der Waals surface area contributed by atoms with Gasteiger partial charge in [-0.15, -0.1) is 0 Å². The summed E-state index contributed by atoms with van der Waals surface area (Å²) in [6.45, 7) is 6.39. The summed E-state index contributed by atoms with van der Waals surface area (Å²) >= 11 is 0. The van der Waals surface area contributed by atoms with Gasteiger partial charge in [-0.05, 0) is 19.8 Å². The van der Waals surface area contributed by atoms with E-state index >= 15 is 0 Å². The molecule has 0 aromatic carbocycles. The number of morpholine rings is 1. The van der Waals surface area contributed by atoms with E-state index in [9.17, 15) is 9.59 Å². The van der Waals surface area contributed by atoms with Crippen molar-refractivity contribution in [1.29, 1.82) is 0 Å². The monoisotopic (exact) mass is 268 g/mol. The molecular weight excluding hydrogens is 244 g/mol. The first-order chi connectivity index (χ1) is 9.03. The Morgan fingerprint density at radius 1 is 1.00 bits per heavy atom. The molecule has 0 saturated carbocycles. The van der Waals surface area contributed by atoms with Crippen molar-refractivity contribution < 1.29 is 14.3 Å². The van der Waals surface area contributed by atoms with Crippen LogP contribution in [0.3, 0.4) is 0 Å². The van der Waals surface area contributed by atoms with Crippen LogP contribution < -0.4 is 0 Å². The van der Waals surface area contributed by atoms with Crippen molar-refractivity contribution in [2.24, 2.45) is 0 Å². The fraction of sp³-hybridized carbons (Fsp3) is 0.857. The van der Waals surface area contributed by atoms with Crippen molar-refractivity contribution in [3.8, 4) is 0 Å². The lowest BCUT2D eigenvalue weighted by molar-refractivity contribution is -0.170. The van der Waals surface area contributed by atoms with E-state index in [0.29, 0.717) is 19.7 Å². The first-order valence-corrected chi connectivity index (χ1v) is 7.22. The van der Waals surface area contributed by atoms with Gasteiger partial charge < -0.3 is 14.5 Å². The lowest BCUT2D eigenvalue weighted by atomic mass is 10.0. The minimum absolute atomic E-state index is 0.0122. The molecule has 1 unspecified atom stereocenters. The maximum absolute atomic E-state index is 12.7. The van der Waals surface area contributed by atoms with Crippen LogP contribution in [0, 0.1) is 0 Å². The molecule has 2 aliphatic rings. The summed E-state index contributed by atoms with van der Waals surface area (Å²) in [7, 11) is 0. The molecule has 0 aromatic heterocycles. The number of likely N-dealkylation sites (tertiary alicyclic amines) is 1. The molecule has 0 bridgehead atoms. The van der Waals surface area contributed by atoms with E-state index in [1.165, 1.54) is 12.8 Å². The zero-order valence-corrected chi connectivity index (χ0v) is 12.0. The Balaban J connectivity index is 2.05. The van der Waals surface area contributed by atoms with Crippen LogP contribution >= 0.6 is 0 Å². The summed E-state index contributed by atoms with van der Waals surface area (Å²) in [5.41, 5.74) is -0.867. The van der Waals surface area contributed by atoms with E-state index < -0.39 is 5.60 Å². The number of hydrogen-bond donors (Lipinski definition) is 0. The number of carbonyl (C=O) groups excluding carboxylic acids is 2. The first-order valence-electron chi connectivity index (χ1n) is 7.22. The van der Waals surface area contributed by atoms with E-state index in [0.717, 1.165) is 25.9 Å². The van der Waals surface area contributed by atoms with Gasteiger partial charge in [0.2, 0.25) is 5.91 Å². The van der Waals surface area contributed by atoms with E-state index in [4.69, 9.17) is 4.74 Å². The van der Waals surface area contributed by atoms with E-state index in [1.54, 1.807) is 11.8 Å². The third-order valence-corrected chi connectivity index (χ3v) is 4.07. The molecule has 2 fully saturated rings. The van der Waals surface area contributed by atoms with Crippen molar-refractivity contribution in [2.45, 2.75) is 45.1 Å². The van der Waals surface area contributed by atoms with Gasteiger partial charge in [0, 0.05) is 26.6 Å². The standard InChI is InChI=1S/C14H24N2O3/c1-12(17)16-9-10-19-14(2,11-16)13(18)15-7-5-3-4-6-8-15/h3-11H2,1-2H3. The van der Waals surface area contributed by atoms with Crippen LogP contribution in [0.4, 0.5) is 0 Å². The van der Waals surface area contributed by atoms with E-state index in [2.05, 4.69) is 0 Å². The Hall–Kier alpha value is -1.10. The number of ether oxygens (including phenoxy) is 1. The molecule has 2 heterocycles. The highest BCUT2D eigenvalue weighted by Crippen LogP contribution is 2.22. The number of carbonyl (C=O) groups is 2. The SMILES string of the molecule is CC(=O)N1CCOC(C)(C(=O)N2CCCCCC2)C1. The van der Waals surface area contributed by atoms with Crippen LogP contribution in [0.1, 0.15) is 39.5 Å². The highest BCUT2D eigenvalue weighted by atomic mass is 16.5. The quantitative estimate of drug-likeness (QED) is 0.713. The molecule has 0 spiro atoms. The molecular formula is C14H24N2O3. The third-order valence-electron chi connectivity index (χ3n) is 4.07. The minimum atomic E-state index is -0.867. The van der Waals surface area contributed by atoms with Crippen LogP contribution in [0.25, 0.3) is 0 Å². The molecule has 0 aromatic rings. The Labute approximate surface area is 114 Å². The first kappa shape index (κ1) is 14.3. The molecule has 0 N–H and O–H groups in total. The van der Waals surface area contributed by atoms with Gasteiger partial charge in [-0.1, -0.05) is 12.8 Å². The molecule has 1 atom stereocenters. The van der Waals surface area contributed by atoms with Crippen LogP contribution in [0.5, 0.6) is 0 Å². The second kappa shape index (κ2) is 5.90. The van der Waals surface area contributed by atoms with Crippen LogP contribution in [-0.2, 0) is 14.3 Å². The molecule has 5 heteroatoms. The smallest absolute Gasteiger partial charge is 0.256 e. The van der Waals surface area contributed by atoms with Gasteiger partial charge in [0.1, 0.15) is 0 Å². The second-order valence-corrected chi connectivity index (χ2v) is 5.73. The predicted molar refractivity (Wildman–Crippen MR) is 71.7 cm³/mol. The zero-order chi connectivity index (χ0) is 13.9. The maximum Gasteiger partial charge on any atom is 0.256 e. The fourth-order valence-corrected chi connectivity index (χ4v) is 2.88. The molecule has 2 rings (SSSR count). The number of rotatable bonds is 1. The lowest BCUT2D eigenvalue weighted by Gasteiger charge is -2.41. The molecule has 2 saturated heterocycles. The Morgan fingerprint density at radius 2 is 1.63 bits per heavy atom. The third kappa shape index (κ3) is 3.26. The number of amides is 2. The molecule has 0 aliphatic carbocycles. The largest absolute Gasteiger partial charge is 0.362 e. The lowest BCUT2D eigenvalue weighted by Crippen LogP contribution is -2.59. The Morgan fingerprint density at radius 3 is 2.21 bits per heavy atom. The molecule has 2 aliphatic heterocycles. The van der Waals surface area contributed by atoms with Crippen molar-refractivity contribution in [3.05, 3.63) is 0 Å². The molecule has 2 amide bonds. The highest BCUT2D eigenvalue weighted by Gasteiger charge is 2.42. The average Bonchev–Trinajstić information content (AvgIpc) is 2.66. The summed E-state index contributed by atoms with van der Waals surface area (Å²) in [6, 6.07) is 0. The van der Waals surface area contributed by atoms with Gasteiger partial charge in [-0.3, -0.25) is 9.59 Å². The normalized spacial score (nSPS) is 28.9. The minimum Gasteiger partial charge on any atom is -0.362 e. The summed E-state index contributed by atoms with van der Waals surface area (Å²) < 4.78 is 5.72. The van der Waals surface area contributed by atoms with Crippen molar-refractivity contribution in [2.75, 3.05) is 32.8 Å². The van der Waals surface area contributed by atoms with Gasteiger partial charge in [-0.25, -0.2) is 0 Å². The van der Waals surface area contributed by atoms with Crippen LogP contribution in [0.2, 0.25) is 0 Å². The topological polar surface area (TPSA) is 49.9 Å². The summed E-state index contributed by atoms with van der Waals surface area (Å²) in [5, 5.41) is 0. The fourth-order valence-electron chi connectivity index (χ4n) is 2.88. The molecule has 108 valence electrons. The maximum atomic E-state index is 12.7. The predicted octanol–water partition coefficient (Wildman–Crippen LogP) is 1.03. The van der Waals surface area contributed by atoms with Gasteiger partial charge in [0.05, 0.1) is 13.2 Å².